The minimum absolute atomic E-state index is 0.318. The number of hydrogen-bond acceptors (Lipinski definition) is 6. The molecule has 0 atom stereocenters. The second-order valence-corrected chi connectivity index (χ2v) is 7.90. The second kappa shape index (κ2) is 8.45. The molecule has 2 aliphatic heterocycles. The Balaban J connectivity index is 1.59. The van der Waals surface area contributed by atoms with Gasteiger partial charge in [0.15, 0.2) is 0 Å². The van der Waals surface area contributed by atoms with Crippen LogP contribution < -0.4 is 9.64 Å². The van der Waals surface area contributed by atoms with Gasteiger partial charge in [-0.15, -0.1) is 0 Å². The van der Waals surface area contributed by atoms with E-state index in [0.717, 1.165) is 69.8 Å². The molecule has 1 aromatic carbocycles. The van der Waals surface area contributed by atoms with Crippen LogP contribution >= 0.6 is 0 Å². The van der Waals surface area contributed by atoms with Crippen LogP contribution in [0.15, 0.2) is 24.3 Å². The molecule has 3 heterocycles. The first-order valence-electron chi connectivity index (χ1n) is 10.2. The van der Waals surface area contributed by atoms with Gasteiger partial charge in [-0.2, -0.15) is 0 Å². The first kappa shape index (κ1) is 19.2. The summed E-state index contributed by atoms with van der Waals surface area (Å²) >= 11 is 0. The summed E-state index contributed by atoms with van der Waals surface area (Å²) in [5, 5.41) is 0. The van der Waals surface area contributed by atoms with Crippen molar-refractivity contribution in [2.24, 2.45) is 0 Å². The number of methoxy groups -OCH3 is 1. The van der Waals surface area contributed by atoms with E-state index < -0.39 is 0 Å². The minimum Gasteiger partial charge on any atom is -0.497 e. The lowest BCUT2D eigenvalue weighted by Gasteiger charge is -2.34. The predicted molar refractivity (Wildman–Crippen MR) is 110 cm³/mol. The highest BCUT2D eigenvalue weighted by Crippen LogP contribution is 2.29. The summed E-state index contributed by atoms with van der Waals surface area (Å²) in [6, 6.07) is 8.33. The van der Waals surface area contributed by atoms with Crippen molar-refractivity contribution in [2.45, 2.75) is 39.3 Å². The van der Waals surface area contributed by atoms with E-state index in [0.29, 0.717) is 5.92 Å². The zero-order valence-electron chi connectivity index (χ0n) is 17.1. The van der Waals surface area contributed by atoms with Crippen LogP contribution in [0.5, 0.6) is 5.75 Å². The van der Waals surface area contributed by atoms with Crippen LogP contribution in [0, 0.1) is 0 Å². The Hall–Kier alpha value is -2.18. The third kappa shape index (κ3) is 4.13. The van der Waals surface area contributed by atoms with Gasteiger partial charge in [0.1, 0.15) is 17.4 Å². The lowest BCUT2D eigenvalue weighted by atomic mass is 10.0. The van der Waals surface area contributed by atoms with Crippen LogP contribution in [-0.2, 0) is 24.2 Å². The molecule has 4 rings (SSSR count). The van der Waals surface area contributed by atoms with Gasteiger partial charge in [0, 0.05) is 44.2 Å². The fourth-order valence-electron chi connectivity index (χ4n) is 3.94. The molecule has 2 aliphatic rings. The number of anilines is 1. The van der Waals surface area contributed by atoms with Gasteiger partial charge in [0.05, 0.1) is 26.0 Å². The average Bonchev–Trinajstić information content (AvgIpc) is 2.73. The molecule has 0 N–H and O–H groups in total. The number of fused-ring (bicyclic) bond motifs is 1. The number of nitrogens with zero attached hydrogens (tertiary/aromatic N) is 4. The summed E-state index contributed by atoms with van der Waals surface area (Å²) < 4.78 is 10.9. The van der Waals surface area contributed by atoms with E-state index in [1.165, 1.54) is 16.8 Å². The standard InChI is InChI=1S/C22H30N4O2/c1-16(2)21-23-20-15-25(14-17-5-4-6-18(13-17)27-3)8-7-19(20)22(24-21)26-9-11-28-12-10-26/h4-6,13,16H,7-12,14-15H2,1-3H3. The Morgan fingerprint density at radius 3 is 2.71 bits per heavy atom. The smallest absolute Gasteiger partial charge is 0.136 e. The molecule has 6 nitrogen and oxygen atoms in total. The molecule has 0 bridgehead atoms. The van der Waals surface area contributed by atoms with E-state index >= 15 is 0 Å². The molecule has 2 aromatic rings. The largest absolute Gasteiger partial charge is 0.497 e. The molecule has 0 saturated carbocycles. The molecule has 0 spiro atoms. The van der Waals surface area contributed by atoms with Gasteiger partial charge in [-0.3, -0.25) is 4.90 Å². The molecule has 1 saturated heterocycles. The number of rotatable bonds is 5. The zero-order valence-corrected chi connectivity index (χ0v) is 17.1. The number of benzene rings is 1. The van der Waals surface area contributed by atoms with Crippen molar-refractivity contribution in [3.8, 4) is 5.75 Å². The summed E-state index contributed by atoms with van der Waals surface area (Å²) in [4.78, 5) is 14.8. The maximum absolute atomic E-state index is 5.54. The fourth-order valence-corrected chi connectivity index (χ4v) is 3.94. The first-order chi connectivity index (χ1) is 13.6. The maximum atomic E-state index is 5.54. The summed E-state index contributed by atoms with van der Waals surface area (Å²) in [6.45, 7) is 10.5. The molecule has 6 heteroatoms. The third-order valence-electron chi connectivity index (χ3n) is 5.51. The van der Waals surface area contributed by atoms with Crippen LogP contribution in [0.3, 0.4) is 0 Å². The number of aromatic nitrogens is 2. The lowest BCUT2D eigenvalue weighted by molar-refractivity contribution is 0.122. The molecule has 0 aliphatic carbocycles. The Morgan fingerprint density at radius 1 is 1.14 bits per heavy atom. The number of ether oxygens (including phenoxy) is 2. The topological polar surface area (TPSA) is 50.7 Å². The predicted octanol–water partition coefficient (Wildman–Crippen LogP) is 3.00. The number of hydrogen-bond donors (Lipinski definition) is 0. The van der Waals surface area contributed by atoms with Crippen LogP contribution in [0.2, 0.25) is 0 Å². The van der Waals surface area contributed by atoms with Gasteiger partial charge in [0.25, 0.3) is 0 Å². The van der Waals surface area contributed by atoms with Gasteiger partial charge < -0.3 is 14.4 Å². The Kier molecular flexibility index (Phi) is 5.78. The van der Waals surface area contributed by atoms with Crippen molar-refractivity contribution >= 4 is 5.82 Å². The van der Waals surface area contributed by atoms with Crippen LogP contribution in [0.25, 0.3) is 0 Å². The van der Waals surface area contributed by atoms with Crippen molar-refractivity contribution in [3.05, 3.63) is 46.9 Å². The van der Waals surface area contributed by atoms with Gasteiger partial charge in [0.2, 0.25) is 0 Å². The number of morpholine rings is 1. The van der Waals surface area contributed by atoms with Crippen molar-refractivity contribution in [3.63, 3.8) is 0 Å². The van der Waals surface area contributed by atoms with Crippen molar-refractivity contribution in [2.75, 3.05) is 44.9 Å². The third-order valence-corrected chi connectivity index (χ3v) is 5.51. The Labute approximate surface area is 167 Å². The Morgan fingerprint density at radius 2 is 1.96 bits per heavy atom. The normalized spacial score (nSPS) is 17.6. The molecule has 1 fully saturated rings. The maximum Gasteiger partial charge on any atom is 0.136 e. The van der Waals surface area contributed by atoms with E-state index in [4.69, 9.17) is 19.4 Å². The molecule has 1 aromatic heterocycles. The second-order valence-electron chi connectivity index (χ2n) is 7.90. The molecular formula is C22H30N4O2. The summed E-state index contributed by atoms with van der Waals surface area (Å²) in [7, 11) is 1.72. The first-order valence-corrected chi connectivity index (χ1v) is 10.2. The van der Waals surface area contributed by atoms with E-state index in [-0.39, 0.29) is 0 Å². The molecule has 0 radical (unpaired) electrons. The highest BCUT2D eigenvalue weighted by Gasteiger charge is 2.26. The monoisotopic (exact) mass is 382 g/mol. The van der Waals surface area contributed by atoms with Crippen LogP contribution in [0.1, 0.15) is 42.4 Å². The van der Waals surface area contributed by atoms with E-state index in [2.05, 4.69) is 41.8 Å². The highest BCUT2D eigenvalue weighted by molar-refractivity contribution is 5.51. The summed E-state index contributed by atoms with van der Waals surface area (Å²) in [5.41, 5.74) is 3.79. The van der Waals surface area contributed by atoms with Gasteiger partial charge in [-0.25, -0.2) is 9.97 Å². The van der Waals surface area contributed by atoms with Crippen LogP contribution in [0.4, 0.5) is 5.82 Å². The molecule has 0 amide bonds. The van der Waals surface area contributed by atoms with E-state index in [1.807, 2.05) is 6.07 Å². The Bertz CT molecular complexity index is 818. The van der Waals surface area contributed by atoms with Gasteiger partial charge >= 0.3 is 0 Å². The lowest BCUT2D eigenvalue weighted by Crippen LogP contribution is -2.39. The van der Waals surface area contributed by atoms with E-state index in [9.17, 15) is 0 Å². The minimum atomic E-state index is 0.318. The molecule has 150 valence electrons. The fraction of sp³-hybridized carbons (Fsp3) is 0.545. The van der Waals surface area contributed by atoms with Crippen molar-refractivity contribution in [1.82, 2.24) is 14.9 Å². The molecule has 0 unspecified atom stereocenters. The van der Waals surface area contributed by atoms with Crippen molar-refractivity contribution < 1.29 is 9.47 Å². The summed E-state index contributed by atoms with van der Waals surface area (Å²) in [6.07, 6.45) is 0.990. The zero-order chi connectivity index (χ0) is 19.5. The van der Waals surface area contributed by atoms with E-state index in [1.54, 1.807) is 7.11 Å². The summed E-state index contributed by atoms with van der Waals surface area (Å²) in [5.74, 6) is 3.31. The van der Waals surface area contributed by atoms with Crippen molar-refractivity contribution in [1.29, 1.82) is 0 Å². The van der Waals surface area contributed by atoms with Crippen LogP contribution in [-0.4, -0.2) is 54.8 Å². The average molecular weight is 383 g/mol. The molecular weight excluding hydrogens is 352 g/mol. The van der Waals surface area contributed by atoms with Gasteiger partial charge in [-0.1, -0.05) is 26.0 Å². The molecule has 28 heavy (non-hydrogen) atoms. The SMILES string of the molecule is COc1cccc(CN2CCc3c(nc(C(C)C)nc3N3CCOCC3)C2)c1. The van der Waals surface area contributed by atoms with Gasteiger partial charge in [-0.05, 0) is 24.1 Å². The highest BCUT2D eigenvalue weighted by atomic mass is 16.5. The quantitative estimate of drug-likeness (QED) is 0.792.